The van der Waals surface area contributed by atoms with Crippen LogP contribution in [0.1, 0.15) is 5.56 Å². The van der Waals surface area contributed by atoms with Crippen molar-refractivity contribution in [3.8, 4) is 0 Å². The lowest BCUT2D eigenvalue weighted by Gasteiger charge is -2.20. The Kier molecular flexibility index (Phi) is 4.34. The Morgan fingerprint density at radius 1 is 1.47 bits per heavy atom. The first-order valence-electron chi connectivity index (χ1n) is 4.87. The van der Waals surface area contributed by atoms with E-state index in [2.05, 4.69) is 6.58 Å². The molecule has 1 rings (SSSR count). The summed E-state index contributed by atoms with van der Waals surface area (Å²) in [5.41, 5.74) is 0.624. The molecule has 0 bridgehead atoms. The van der Waals surface area contributed by atoms with Gasteiger partial charge in [-0.15, -0.1) is 0 Å². The highest BCUT2D eigenvalue weighted by atomic mass is 19.3. The summed E-state index contributed by atoms with van der Waals surface area (Å²) in [4.78, 5) is 10.7. The van der Waals surface area contributed by atoms with Crippen molar-refractivity contribution in [3.63, 3.8) is 0 Å². The second-order valence-corrected chi connectivity index (χ2v) is 3.39. The zero-order valence-corrected chi connectivity index (χ0v) is 8.98. The van der Waals surface area contributed by atoms with E-state index in [1.54, 1.807) is 30.3 Å². The van der Waals surface area contributed by atoms with Gasteiger partial charge in [-0.2, -0.15) is 8.78 Å². The van der Waals surface area contributed by atoms with Crippen LogP contribution < -0.4 is 0 Å². The predicted molar refractivity (Wildman–Crippen MR) is 57.8 cm³/mol. The summed E-state index contributed by atoms with van der Waals surface area (Å²) in [6, 6.07) is 8.49. The topological polar surface area (TPSA) is 46.5 Å². The van der Waals surface area contributed by atoms with E-state index in [4.69, 9.17) is 9.84 Å². The van der Waals surface area contributed by atoms with E-state index < -0.39 is 18.0 Å². The summed E-state index contributed by atoms with van der Waals surface area (Å²) in [5, 5.41) is 8.67. The highest BCUT2D eigenvalue weighted by molar-refractivity contribution is 5.74. The lowest BCUT2D eigenvalue weighted by Crippen LogP contribution is -2.40. The van der Waals surface area contributed by atoms with Crippen LogP contribution in [0.2, 0.25) is 0 Å². The van der Waals surface area contributed by atoms with Crippen LogP contribution in [0.5, 0.6) is 0 Å². The Morgan fingerprint density at radius 2 is 2.06 bits per heavy atom. The fourth-order valence-electron chi connectivity index (χ4n) is 1.21. The van der Waals surface area contributed by atoms with E-state index >= 15 is 0 Å². The molecule has 0 radical (unpaired) electrons. The second-order valence-electron chi connectivity index (χ2n) is 3.39. The summed E-state index contributed by atoms with van der Waals surface area (Å²) >= 11 is 0. The van der Waals surface area contributed by atoms with Gasteiger partial charge in [-0.25, -0.2) is 4.79 Å². The van der Waals surface area contributed by atoms with Crippen molar-refractivity contribution in [3.05, 3.63) is 48.6 Å². The van der Waals surface area contributed by atoms with Crippen molar-refractivity contribution in [2.45, 2.75) is 18.6 Å². The van der Waals surface area contributed by atoms with Gasteiger partial charge in [0.05, 0.1) is 6.61 Å². The third-order valence-electron chi connectivity index (χ3n) is 2.11. The van der Waals surface area contributed by atoms with Gasteiger partial charge >= 0.3 is 11.9 Å². The first kappa shape index (κ1) is 13.3. The van der Waals surface area contributed by atoms with Crippen LogP contribution in [0, 0.1) is 0 Å². The molecule has 0 spiro atoms. The molecular formula is C12H12F2O3. The number of halogens is 2. The normalized spacial score (nSPS) is 13.1. The van der Waals surface area contributed by atoms with Gasteiger partial charge in [0, 0.05) is 0 Å². The van der Waals surface area contributed by atoms with Crippen molar-refractivity contribution >= 4 is 5.97 Å². The molecule has 0 amide bonds. The number of benzene rings is 1. The quantitative estimate of drug-likeness (QED) is 0.779. The molecule has 0 saturated carbocycles. The Labute approximate surface area is 97.3 Å². The average Bonchev–Trinajstić information content (AvgIpc) is 2.30. The van der Waals surface area contributed by atoms with Gasteiger partial charge in [0.15, 0.2) is 0 Å². The zero-order chi connectivity index (χ0) is 12.9. The Bertz CT molecular complexity index is 390. The summed E-state index contributed by atoms with van der Waals surface area (Å²) in [6.07, 6.45) is -1.95. The van der Waals surface area contributed by atoms with E-state index in [1.165, 1.54) is 0 Å². The molecule has 1 aromatic carbocycles. The summed E-state index contributed by atoms with van der Waals surface area (Å²) in [6.45, 7) is 2.70. The average molecular weight is 242 g/mol. The van der Waals surface area contributed by atoms with Crippen molar-refractivity contribution < 1.29 is 23.4 Å². The largest absolute Gasteiger partial charge is 0.479 e. The molecule has 0 aliphatic heterocycles. The van der Waals surface area contributed by atoms with Crippen LogP contribution in [0.25, 0.3) is 0 Å². The molecule has 0 aliphatic carbocycles. The third kappa shape index (κ3) is 3.64. The third-order valence-corrected chi connectivity index (χ3v) is 2.11. The molecule has 3 nitrogen and oxygen atoms in total. The number of hydrogen-bond acceptors (Lipinski definition) is 2. The maximum Gasteiger partial charge on any atom is 0.339 e. The first-order valence-corrected chi connectivity index (χ1v) is 4.87. The number of rotatable bonds is 6. The molecule has 1 aromatic rings. The summed E-state index contributed by atoms with van der Waals surface area (Å²) in [5.74, 6) is -5.31. The molecule has 1 atom stereocenters. The van der Waals surface area contributed by atoms with E-state index in [-0.39, 0.29) is 12.7 Å². The minimum Gasteiger partial charge on any atom is -0.479 e. The monoisotopic (exact) mass is 242 g/mol. The maximum atomic E-state index is 13.1. The van der Waals surface area contributed by atoms with Crippen LogP contribution in [0.15, 0.2) is 43.0 Å². The molecule has 1 N–H and O–H groups in total. The SMILES string of the molecule is C=CC(F)(F)C(OCc1ccccc1)C(=O)O. The predicted octanol–water partition coefficient (Wildman–Crippen LogP) is 2.48. The number of alkyl halides is 2. The van der Waals surface area contributed by atoms with Gasteiger partial charge in [-0.3, -0.25) is 0 Å². The van der Waals surface area contributed by atoms with Crippen LogP contribution in [-0.2, 0) is 16.1 Å². The van der Waals surface area contributed by atoms with Crippen molar-refractivity contribution in [2.24, 2.45) is 0 Å². The van der Waals surface area contributed by atoms with Crippen molar-refractivity contribution in [1.29, 1.82) is 0 Å². The number of carbonyl (C=O) groups is 1. The molecule has 17 heavy (non-hydrogen) atoms. The molecule has 0 heterocycles. The molecular weight excluding hydrogens is 230 g/mol. The highest BCUT2D eigenvalue weighted by Gasteiger charge is 2.43. The van der Waals surface area contributed by atoms with Crippen LogP contribution in [0.3, 0.4) is 0 Å². The lowest BCUT2D eigenvalue weighted by atomic mass is 10.2. The Hall–Kier alpha value is -1.75. The molecule has 0 saturated heterocycles. The molecule has 5 heteroatoms. The van der Waals surface area contributed by atoms with Crippen LogP contribution in [0.4, 0.5) is 8.78 Å². The minimum atomic E-state index is -3.60. The van der Waals surface area contributed by atoms with Crippen LogP contribution in [-0.4, -0.2) is 23.1 Å². The number of ether oxygens (including phenoxy) is 1. The first-order chi connectivity index (χ1) is 7.97. The van der Waals surface area contributed by atoms with Gasteiger partial charge in [-0.05, 0) is 11.6 Å². The molecule has 0 aliphatic rings. The molecule has 0 aromatic heterocycles. The summed E-state index contributed by atoms with van der Waals surface area (Å²) in [7, 11) is 0. The van der Waals surface area contributed by atoms with Gasteiger partial charge in [0.1, 0.15) is 0 Å². The van der Waals surface area contributed by atoms with Gasteiger partial charge in [-0.1, -0.05) is 36.9 Å². The van der Waals surface area contributed by atoms with E-state index in [0.717, 1.165) is 0 Å². The number of carboxylic acids is 1. The highest BCUT2D eigenvalue weighted by Crippen LogP contribution is 2.23. The van der Waals surface area contributed by atoms with Gasteiger partial charge in [0.25, 0.3) is 0 Å². The van der Waals surface area contributed by atoms with Crippen LogP contribution >= 0.6 is 0 Å². The van der Waals surface area contributed by atoms with E-state index in [1.807, 2.05) is 0 Å². The number of hydrogen-bond donors (Lipinski definition) is 1. The fraction of sp³-hybridized carbons (Fsp3) is 0.250. The molecule has 92 valence electrons. The standard InChI is InChI=1S/C12H12F2O3/c1-2-12(13,14)10(11(15)16)17-8-9-6-4-3-5-7-9/h2-7,10H,1,8H2,(H,15,16). The van der Waals surface area contributed by atoms with E-state index in [9.17, 15) is 13.6 Å². The summed E-state index contributed by atoms with van der Waals surface area (Å²) < 4.78 is 31.0. The Morgan fingerprint density at radius 3 is 2.53 bits per heavy atom. The fourth-order valence-corrected chi connectivity index (χ4v) is 1.21. The van der Waals surface area contributed by atoms with E-state index in [0.29, 0.717) is 5.56 Å². The van der Waals surface area contributed by atoms with Gasteiger partial charge in [0.2, 0.25) is 6.10 Å². The Balaban J connectivity index is 2.70. The molecule has 1 unspecified atom stereocenters. The van der Waals surface area contributed by atoms with Crippen molar-refractivity contribution in [2.75, 3.05) is 0 Å². The number of aliphatic carboxylic acids is 1. The second kappa shape index (κ2) is 5.54. The number of carboxylic acid groups (broad SMARTS) is 1. The molecule has 0 fully saturated rings. The maximum absolute atomic E-state index is 13.1. The smallest absolute Gasteiger partial charge is 0.339 e. The van der Waals surface area contributed by atoms with Gasteiger partial charge < -0.3 is 9.84 Å². The van der Waals surface area contributed by atoms with Crippen molar-refractivity contribution in [1.82, 2.24) is 0 Å². The zero-order valence-electron chi connectivity index (χ0n) is 8.98. The lowest BCUT2D eigenvalue weighted by molar-refractivity contribution is -0.173. The minimum absolute atomic E-state index is 0.193.